The first-order chi connectivity index (χ1) is 14.6. The van der Waals surface area contributed by atoms with E-state index in [1.807, 2.05) is 11.8 Å². The standard InChI is InChI=1S/C19H27BrN4O6S/c1-3-6-22(7-5-20)19-15(4-2)12-16(24(27)28)13-17(19)31(29,30)23-10-8-21(9-11-23)14-18(25)26/h2,12-13,18,25-26H,3,5-11,14H2,1H3. The highest BCUT2D eigenvalue weighted by atomic mass is 79.9. The fourth-order valence-corrected chi connectivity index (χ4v) is 5.66. The number of non-ortho nitro benzene ring substituents is 1. The van der Waals surface area contributed by atoms with E-state index in [1.165, 1.54) is 10.4 Å². The molecule has 1 aliphatic rings. The average Bonchev–Trinajstić information content (AvgIpc) is 2.72. The summed E-state index contributed by atoms with van der Waals surface area (Å²) in [4.78, 5) is 14.2. The van der Waals surface area contributed by atoms with Gasteiger partial charge in [0, 0.05) is 63.3 Å². The van der Waals surface area contributed by atoms with Gasteiger partial charge in [0.25, 0.3) is 5.69 Å². The fraction of sp³-hybridized carbons (Fsp3) is 0.579. The summed E-state index contributed by atoms with van der Waals surface area (Å²) in [5.41, 5.74) is 0.0689. The number of piperazine rings is 1. The van der Waals surface area contributed by atoms with Crippen LogP contribution in [0.3, 0.4) is 0 Å². The Hall–Kier alpha value is -1.75. The molecule has 0 spiro atoms. The van der Waals surface area contributed by atoms with Crippen LogP contribution < -0.4 is 4.90 Å². The summed E-state index contributed by atoms with van der Waals surface area (Å²) in [7, 11) is -4.09. The summed E-state index contributed by atoms with van der Waals surface area (Å²) >= 11 is 3.37. The van der Waals surface area contributed by atoms with E-state index in [2.05, 4.69) is 21.9 Å². The van der Waals surface area contributed by atoms with Gasteiger partial charge in [0.05, 0.1) is 16.2 Å². The Morgan fingerprint density at radius 3 is 2.42 bits per heavy atom. The van der Waals surface area contributed by atoms with Crippen LogP contribution >= 0.6 is 15.9 Å². The lowest BCUT2D eigenvalue weighted by atomic mass is 10.1. The molecule has 0 atom stereocenters. The average molecular weight is 519 g/mol. The predicted octanol–water partition coefficient (Wildman–Crippen LogP) is 0.804. The molecular weight excluding hydrogens is 492 g/mol. The number of nitro groups is 1. The number of benzene rings is 1. The van der Waals surface area contributed by atoms with Crippen LogP contribution in [-0.4, -0.2) is 90.2 Å². The van der Waals surface area contributed by atoms with Crippen molar-refractivity contribution in [1.82, 2.24) is 9.21 Å². The van der Waals surface area contributed by atoms with E-state index in [0.717, 1.165) is 12.5 Å². The zero-order chi connectivity index (χ0) is 23.2. The molecule has 1 aliphatic heterocycles. The van der Waals surface area contributed by atoms with Gasteiger partial charge in [-0.1, -0.05) is 28.8 Å². The zero-order valence-electron chi connectivity index (χ0n) is 17.3. The first kappa shape index (κ1) is 25.5. The lowest BCUT2D eigenvalue weighted by Crippen LogP contribution is -2.50. The molecule has 1 aromatic rings. The highest BCUT2D eigenvalue weighted by Gasteiger charge is 2.34. The van der Waals surface area contributed by atoms with E-state index in [9.17, 15) is 18.5 Å². The van der Waals surface area contributed by atoms with Crippen molar-refractivity contribution in [2.75, 3.05) is 56.0 Å². The molecule has 0 aromatic heterocycles. The number of aliphatic hydroxyl groups excluding tert-OH is 1. The third-order valence-corrected chi connectivity index (χ3v) is 7.23. The Kier molecular flexibility index (Phi) is 9.23. The van der Waals surface area contributed by atoms with Crippen molar-refractivity contribution in [3.63, 3.8) is 0 Å². The number of halogens is 1. The van der Waals surface area contributed by atoms with E-state index < -0.39 is 21.2 Å². The third-order valence-electron chi connectivity index (χ3n) is 4.96. The van der Waals surface area contributed by atoms with Gasteiger partial charge in [-0.15, -0.1) is 6.42 Å². The van der Waals surface area contributed by atoms with Crippen LogP contribution in [-0.2, 0) is 10.0 Å². The second-order valence-electron chi connectivity index (χ2n) is 7.10. The highest BCUT2D eigenvalue weighted by Crippen LogP contribution is 2.35. The molecule has 2 N–H and O–H groups in total. The Balaban J connectivity index is 2.55. The van der Waals surface area contributed by atoms with Crippen LogP contribution in [0, 0.1) is 22.5 Å². The van der Waals surface area contributed by atoms with E-state index >= 15 is 0 Å². The van der Waals surface area contributed by atoms with E-state index in [0.29, 0.717) is 37.2 Å². The molecule has 0 saturated carbocycles. The van der Waals surface area contributed by atoms with Crippen LogP contribution in [0.4, 0.5) is 11.4 Å². The summed E-state index contributed by atoms with van der Waals surface area (Å²) in [6.07, 6.45) is 4.86. The molecule has 1 saturated heterocycles. The molecule has 1 heterocycles. The number of hydrogen-bond acceptors (Lipinski definition) is 8. The highest BCUT2D eigenvalue weighted by molar-refractivity contribution is 9.09. The maximum Gasteiger partial charge on any atom is 0.272 e. The van der Waals surface area contributed by atoms with Crippen LogP contribution in [0.5, 0.6) is 0 Å². The molecular formula is C19H27BrN4O6S. The van der Waals surface area contributed by atoms with Crippen LogP contribution in [0.1, 0.15) is 18.9 Å². The number of alkyl halides is 1. The van der Waals surface area contributed by atoms with Crippen molar-refractivity contribution in [2.24, 2.45) is 0 Å². The van der Waals surface area contributed by atoms with Crippen molar-refractivity contribution < 1.29 is 23.6 Å². The Morgan fingerprint density at radius 2 is 1.94 bits per heavy atom. The molecule has 12 heteroatoms. The summed E-state index contributed by atoms with van der Waals surface area (Å²) in [5.74, 6) is 2.42. The molecule has 0 bridgehead atoms. The van der Waals surface area contributed by atoms with Crippen molar-refractivity contribution in [3.05, 3.63) is 27.8 Å². The van der Waals surface area contributed by atoms with Gasteiger partial charge < -0.3 is 15.1 Å². The number of hydrogen-bond donors (Lipinski definition) is 2. The van der Waals surface area contributed by atoms with Gasteiger partial charge in [-0.2, -0.15) is 4.31 Å². The van der Waals surface area contributed by atoms with Gasteiger partial charge in [0.2, 0.25) is 10.0 Å². The van der Waals surface area contributed by atoms with Crippen LogP contribution in [0.2, 0.25) is 0 Å². The minimum atomic E-state index is -4.09. The van der Waals surface area contributed by atoms with E-state index in [-0.39, 0.29) is 35.8 Å². The fourth-order valence-electron chi connectivity index (χ4n) is 3.56. The number of β-amino-alcohol motifs (C(OH)–C–C–N with tert-alkyl or cyclic N) is 2. The first-order valence-electron chi connectivity index (χ1n) is 9.84. The first-order valence-corrected chi connectivity index (χ1v) is 12.4. The Labute approximate surface area is 190 Å². The summed E-state index contributed by atoms with van der Waals surface area (Å²) in [5, 5.41) is 30.3. The summed E-state index contributed by atoms with van der Waals surface area (Å²) < 4.78 is 28.4. The number of nitro benzene ring substituents is 1. The minimum absolute atomic E-state index is 0.0206. The second-order valence-corrected chi connectivity index (χ2v) is 9.80. The largest absolute Gasteiger partial charge is 0.369 e. The number of terminal acetylenes is 1. The maximum atomic E-state index is 13.6. The second kappa shape index (κ2) is 11.2. The molecule has 0 radical (unpaired) electrons. The van der Waals surface area contributed by atoms with Gasteiger partial charge in [-0.25, -0.2) is 8.42 Å². The molecule has 31 heavy (non-hydrogen) atoms. The Morgan fingerprint density at radius 1 is 1.29 bits per heavy atom. The molecule has 172 valence electrons. The Bertz CT molecular complexity index is 920. The van der Waals surface area contributed by atoms with Crippen LogP contribution in [0.15, 0.2) is 17.0 Å². The lowest BCUT2D eigenvalue weighted by molar-refractivity contribution is -0.385. The van der Waals surface area contributed by atoms with Gasteiger partial charge in [0.15, 0.2) is 6.29 Å². The molecule has 1 aromatic carbocycles. The van der Waals surface area contributed by atoms with E-state index in [4.69, 9.17) is 16.6 Å². The number of anilines is 1. The van der Waals surface area contributed by atoms with Crippen molar-refractivity contribution in [2.45, 2.75) is 24.5 Å². The molecule has 0 unspecified atom stereocenters. The third kappa shape index (κ3) is 6.15. The normalized spacial score (nSPS) is 15.7. The van der Waals surface area contributed by atoms with Crippen LogP contribution in [0.25, 0.3) is 0 Å². The zero-order valence-corrected chi connectivity index (χ0v) is 19.7. The maximum absolute atomic E-state index is 13.6. The molecule has 10 nitrogen and oxygen atoms in total. The van der Waals surface area contributed by atoms with E-state index in [1.54, 1.807) is 4.90 Å². The molecule has 0 aliphatic carbocycles. The SMILES string of the molecule is C#Cc1cc([N+](=O)[O-])cc(S(=O)(=O)N2CCN(CC(O)O)CC2)c1N(CCC)CCBr. The lowest BCUT2D eigenvalue weighted by Gasteiger charge is -2.35. The van der Waals surface area contributed by atoms with Crippen molar-refractivity contribution in [3.8, 4) is 12.3 Å². The molecule has 1 fully saturated rings. The van der Waals surface area contributed by atoms with Crippen molar-refractivity contribution in [1.29, 1.82) is 0 Å². The minimum Gasteiger partial charge on any atom is -0.369 e. The quantitative estimate of drug-likeness (QED) is 0.153. The van der Waals surface area contributed by atoms with Gasteiger partial charge in [0.1, 0.15) is 4.90 Å². The van der Waals surface area contributed by atoms with Gasteiger partial charge in [-0.05, 0) is 6.42 Å². The monoisotopic (exact) mass is 518 g/mol. The molecule has 2 rings (SSSR count). The molecule has 0 amide bonds. The van der Waals surface area contributed by atoms with Gasteiger partial charge >= 0.3 is 0 Å². The number of nitrogens with zero attached hydrogens (tertiary/aromatic N) is 4. The summed E-state index contributed by atoms with van der Waals surface area (Å²) in [6, 6.07) is 2.30. The number of sulfonamides is 1. The summed E-state index contributed by atoms with van der Waals surface area (Å²) in [6.45, 7) is 3.83. The number of rotatable bonds is 10. The van der Waals surface area contributed by atoms with Gasteiger partial charge in [-0.3, -0.25) is 15.0 Å². The van der Waals surface area contributed by atoms with Crippen molar-refractivity contribution >= 4 is 37.3 Å². The topological polar surface area (TPSA) is 127 Å². The predicted molar refractivity (Wildman–Crippen MR) is 121 cm³/mol. The number of aliphatic hydroxyl groups is 2. The smallest absolute Gasteiger partial charge is 0.272 e.